The Bertz CT molecular complexity index is 841. The maximum Gasteiger partial charge on any atom is 0.0885 e. The zero-order valence-electron chi connectivity index (χ0n) is 10.6. The molecule has 0 amide bonds. The van der Waals surface area contributed by atoms with Crippen molar-refractivity contribution in [2.24, 2.45) is 0 Å². The number of hydrogen-bond donors (Lipinski definition) is 0. The highest BCUT2D eigenvalue weighted by atomic mass is 14.7. The Morgan fingerprint density at radius 3 is 2.60 bits per heavy atom. The molecule has 0 spiro atoms. The van der Waals surface area contributed by atoms with Crippen molar-refractivity contribution in [3.63, 3.8) is 0 Å². The summed E-state index contributed by atoms with van der Waals surface area (Å²) in [6.45, 7) is 0. The van der Waals surface area contributed by atoms with Crippen LogP contribution in [0.15, 0.2) is 61.3 Å². The fraction of sp³-hybridized carbons (Fsp3) is 0. The van der Waals surface area contributed by atoms with Crippen molar-refractivity contribution in [3.05, 3.63) is 61.3 Å². The molecule has 4 heteroatoms. The van der Waals surface area contributed by atoms with E-state index in [2.05, 4.69) is 26.0 Å². The predicted molar refractivity (Wildman–Crippen MR) is 78.1 cm³/mol. The zero-order valence-corrected chi connectivity index (χ0v) is 10.6. The lowest BCUT2D eigenvalue weighted by Crippen LogP contribution is -1.88. The van der Waals surface area contributed by atoms with Crippen molar-refractivity contribution in [2.45, 2.75) is 0 Å². The molecule has 0 radical (unpaired) electrons. The van der Waals surface area contributed by atoms with Gasteiger partial charge in [0.15, 0.2) is 0 Å². The first-order valence-corrected chi connectivity index (χ1v) is 6.31. The smallest absolute Gasteiger partial charge is 0.0885 e. The molecule has 0 aliphatic heterocycles. The Balaban J connectivity index is 1.91. The number of aromatic nitrogens is 4. The van der Waals surface area contributed by atoms with Crippen LogP contribution in [0, 0.1) is 0 Å². The van der Waals surface area contributed by atoms with E-state index in [1.54, 1.807) is 18.6 Å². The number of pyridine rings is 4. The van der Waals surface area contributed by atoms with Gasteiger partial charge in [-0.25, -0.2) is 4.98 Å². The minimum atomic E-state index is 0.890. The van der Waals surface area contributed by atoms with E-state index in [1.807, 2.05) is 36.7 Å². The molecule has 0 aliphatic carbocycles. The fourth-order valence-electron chi connectivity index (χ4n) is 2.24. The van der Waals surface area contributed by atoms with E-state index in [0.717, 1.165) is 33.1 Å². The van der Waals surface area contributed by atoms with Crippen molar-refractivity contribution in [1.82, 2.24) is 19.9 Å². The average Bonchev–Trinajstić information content (AvgIpc) is 2.54. The van der Waals surface area contributed by atoms with Gasteiger partial charge in [-0.05, 0) is 30.3 Å². The Kier molecular flexibility index (Phi) is 2.39. The highest BCUT2D eigenvalue weighted by molar-refractivity contribution is 5.84. The standard InChI is InChI=1S/C16H10N4/c1-2-14(20-15-4-6-17-8-12(1)15)13-7-11-3-5-18-10-16(11)19-9-13/h1-10H. The largest absolute Gasteiger partial charge is 0.264 e. The summed E-state index contributed by atoms with van der Waals surface area (Å²) in [5.41, 5.74) is 3.74. The third kappa shape index (κ3) is 1.78. The van der Waals surface area contributed by atoms with Gasteiger partial charge < -0.3 is 0 Å². The SMILES string of the molecule is c1cc2nc(-c3cnc4cnccc4c3)ccc2cn1. The van der Waals surface area contributed by atoms with E-state index in [9.17, 15) is 0 Å². The molecule has 0 saturated carbocycles. The van der Waals surface area contributed by atoms with Crippen LogP contribution in [-0.2, 0) is 0 Å². The summed E-state index contributed by atoms with van der Waals surface area (Å²) >= 11 is 0. The molecule has 0 unspecified atom stereocenters. The van der Waals surface area contributed by atoms with Crippen molar-refractivity contribution < 1.29 is 0 Å². The molecule has 94 valence electrons. The van der Waals surface area contributed by atoms with Crippen LogP contribution in [0.4, 0.5) is 0 Å². The quantitative estimate of drug-likeness (QED) is 0.526. The minimum absolute atomic E-state index is 0.890. The third-order valence-corrected chi connectivity index (χ3v) is 3.27. The number of rotatable bonds is 1. The molecule has 0 N–H and O–H groups in total. The average molecular weight is 258 g/mol. The van der Waals surface area contributed by atoms with Crippen LogP contribution in [0.3, 0.4) is 0 Å². The Labute approximate surface area is 115 Å². The first-order valence-electron chi connectivity index (χ1n) is 6.31. The first-order chi connectivity index (χ1) is 9.90. The lowest BCUT2D eigenvalue weighted by Gasteiger charge is -2.04. The summed E-state index contributed by atoms with van der Waals surface area (Å²) in [4.78, 5) is 17.2. The Morgan fingerprint density at radius 2 is 1.60 bits per heavy atom. The second kappa shape index (κ2) is 4.35. The predicted octanol–water partition coefficient (Wildman–Crippen LogP) is 3.24. The van der Waals surface area contributed by atoms with Crippen molar-refractivity contribution in [3.8, 4) is 11.3 Å². The van der Waals surface area contributed by atoms with Gasteiger partial charge in [-0.1, -0.05) is 0 Å². The molecule has 0 saturated heterocycles. The van der Waals surface area contributed by atoms with Crippen LogP contribution >= 0.6 is 0 Å². The molecule has 4 aromatic heterocycles. The molecule has 4 aromatic rings. The van der Waals surface area contributed by atoms with Crippen LogP contribution in [0.5, 0.6) is 0 Å². The summed E-state index contributed by atoms with van der Waals surface area (Å²) in [5.74, 6) is 0. The van der Waals surface area contributed by atoms with Crippen LogP contribution in [0.2, 0.25) is 0 Å². The molecule has 4 heterocycles. The molecule has 0 aromatic carbocycles. The summed E-state index contributed by atoms with van der Waals surface area (Å²) in [6, 6.07) is 9.98. The van der Waals surface area contributed by atoms with E-state index in [0.29, 0.717) is 0 Å². The molecular formula is C16H10N4. The fourth-order valence-corrected chi connectivity index (χ4v) is 2.24. The number of fused-ring (bicyclic) bond motifs is 2. The molecule has 4 nitrogen and oxygen atoms in total. The van der Waals surface area contributed by atoms with Crippen LogP contribution in [0.25, 0.3) is 33.1 Å². The third-order valence-electron chi connectivity index (χ3n) is 3.27. The molecule has 0 aliphatic rings. The normalized spacial score (nSPS) is 11.0. The maximum atomic E-state index is 4.66. The van der Waals surface area contributed by atoms with E-state index in [-0.39, 0.29) is 0 Å². The van der Waals surface area contributed by atoms with Crippen LogP contribution < -0.4 is 0 Å². The van der Waals surface area contributed by atoms with E-state index >= 15 is 0 Å². The molecule has 0 atom stereocenters. The van der Waals surface area contributed by atoms with E-state index in [1.165, 1.54) is 0 Å². The number of nitrogens with zero attached hydrogens (tertiary/aromatic N) is 4. The van der Waals surface area contributed by atoms with Crippen molar-refractivity contribution in [1.29, 1.82) is 0 Å². The zero-order chi connectivity index (χ0) is 13.4. The van der Waals surface area contributed by atoms with Crippen LogP contribution in [-0.4, -0.2) is 19.9 Å². The number of hydrogen-bond acceptors (Lipinski definition) is 4. The first kappa shape index (κ1) is 11.0. The van der Waals surface area contributed by atoms with Gasteiger partial charge in [-0.15, -0.1) is 0 Å². The van der Waals surface area contributed by atoms with Gasteiger partial charge in [0.25, 0.3) is 0 Å². The molecule has 0 bridgehead atoms. The lowest BCUT2D eigenvalue weighted by molar-refractivity contribution is 1.29. The van der Waals surface area contributed by atoms with Crippen molar-refractivity contribution >= 4 is 21.8 Å². The van der Waals surface area contributed by atoms with Crippen molar-refractivity contribution in [2.75, 3.05) is 0 Å². The van der Waals surface area contributed by atoms with Gasteiger partial charge in [0, 0.05) is 41.1 Å². The van der Waals surface area contributed by atoms with E-state index < -0.39 is 0 Å². The monoisotopic (exact) mass is 258 g/mol. The Morgan fingerprint density at radius 1 is 0.700 bits per heavy atom. The van der Waals surface area contributed by atoms with Gasteiger partial charge >= 0.3 is 0 Å². The second-order valence-electron chi connectivity index (χ2n) is 4.56. The molecular weight excluding hydrogens is 248 g/mol. The van der Waals surface area contributed by atoms with Gasteiger partial charge in [0.1, 0.15) is 0 Å². The summed E-state index contributed by atoms with van der Waals surface area (Å²) in [7, 11) is 0. The van der Waals surface area contributed by atoms with E-state index in [4.69, 9.17) is 0 Å². The summed E-state index contributed by atoms with van der Waals surface area (Å²) in [5, 5.41) is 2.10. The summed E-state index contributed by atoms with van der Waals surface area (Å²) in [6.07, 6.45) is 8.94. The van der Waals surface area contributed by atoms with Gasteiger partial charge in [0.05, 0.1) is 22.9 Å². The lowest BCUT2D eigenvalue weighted by atomic mass is 10.1. The molecule has 4 rings (SSSR count). The van der Waals surface area contributed by atoms with Crippen LogP contribution in [0.1, 0.15) is 0 Å². The van der Waals surface area contributed by atoms with Gasteiger partial charge in [0.2, 0.25) is 0 Å². The topological polar surface area (TPSA) is 51.6 Å². The minimum Gasteiger partial charge on any atom is -0.264 e. The van der Waals surface area contributed by atoms with Gasteiger partial charge in [-0.3, -0.25) is 15.0 Å². The highest BCUT2D eigenvalue weighted by Crippen LogP contribution is 2.22. The highest BCUT2D eigenvalue weighted by Gasteiger charge is 2.03. The Hall–Kier alpha value is -2.88. The molecule has 20 heavy (non-hydrogen) atoms. The van der Waals surface area contributed by atoms with Gasteiger partial charge in [-0.2, -0.15) is 0 Å². The molecule has 0 fully saturated rings. The summed E-state index contributed by atoms with van der Waals surface area (Å²) < 4.78 is 0. The maximum absolute atomic E-state index is 4.66. The second-order valence-corrected chi connectivity index (χ2v) is 4.56.